The number of imidazole rings is 1. The highest BCUT2D eigenvalue weighted by Gasteiger charge is 2.30. The minimum absolute atomic E-state index is 0.329. The number of anilines is 1. The normalized spacial score (nSPS) is 14.0. The lowest BCUT2D eigenvalue weighted by Gasteiger charge is -2.37. The predicted molar refractivity (Wildman–Crippen MR) is 150 cm³/mol. The number of hydrogen-bond acceptors (Lipinski definition) is 7. The lowest BCUT2D eigenvalue weighted by Crippen LogP contribution is -2.45. The van der Waals surface area contributed by atoms with Crippen LogP contribution >= 0.6 is 0 Å². The molecular weight excluding hydrogens is 476 g/mol. The van der Waals surface area contributed by atoms with Gasteiger partial charge in [-0.25, -0.2) is 10.1 Å². The molecule has 0 saturated heterocycles. The summed E-state index contributed by atoms with van der Waals surface area (Å²) in [6.45, 7) is 14.2. The number of aromatic amines is 1. The average molecular weight is 515 g/mol. The highest BCUT2D eigenvalue weighted by molar-refractivity contribution is 5.80. The SMILES string of the molecule is COCCN1Cc2c(nc(C(C)C)n2Cc2ccc(-c3ccccc3-c3nnn[nH]3)cc2)N(CC(C)C)C1. The fourth-order valence-electron chi connectivity index (χ4n) is 5.23. The summed E-state index contributed by atoms with van der Waals surface area (Å²) in [6.07, 6.45) is 0. The number of methoxy groups -OCH3 is 1. The first-order valence-electron chi connectivity index (χ1n) is 13.4. The van der Waals surface area contributed by atoms with Gasteiger partial charge in [-0.2, -0.15) is 0 Å². The van der Waals surface area contributed by atoms with Crippen LogP contribution in [-0.2, 0) is 17.8 Å². The Kier molecular flexibility index (Phi) is 7.85. The minimum atomic E-state index is 0.329. The molecule has 0 unspecified atom stereocenters. The van der Waals surface area contributed by atoms with Crippen LogP contribution in [0.1, 0.15) is 50.7 Å². The van der Waals surface area contributed by atoms with E-state index in [1.807, 2.05) is 18.2 Å². The average Bonchev–Trinajstić information content (AvgIpc) is 3.57. The third-order valence-corrected chi connectivity index (χ3v) is 6.97. The van der Waals surface area contributed by atoms with Crippen LogP contribution in [0.5, 0.6) is 0 Å². The number of H-pyrrole nitrogens is 1. The molecule has 9 nitrogen and oxygen atoms in total. The van der Waals surface area contributed by atoms with Gasteiger partial charge in [0.2, 0.25) is 0 Å². The highest BCUT2D eigenvalue weighted by Crippen LogP contribution is 2.33. The van der Waals surface area contributed by atoms with Crippen molar-refractivity contribution in [3.05, 3.63) is 65.6 Å². The van der Waals surface area contributed by atoms with Crippen LogP contribution in [0.15, 0.2) is 48.5 Å². The standard InChI is InChI=1S/C29H38N8O/c1-20(2)16-36-19-35(14-15-38-5)18-26-29(36)30-28(21(3)4)37(26)17-22-10-12-23(13-11-22)24-8-6-7-9-25(24)27-31-33-34-32-27/h6-13,20-21H,14-19H2,1-5H3,(H,31,32,33,34). The lowest BCUT2D eigenvalue weighted by atomic mass is 9.98. The second kappa shape index (κ2) is 11.4. The molecule has 5 rings (SSSR count). The summed E-state index contributed by atoms with van der Waals surface area (Å²) >= 11 is 0. The van der Waals surface area contributed by atoms with E-state index >= 15 is 0 Å². The van der Waals surface area contributed by atoms with E-state index in [0.29, 0.717) is 17.7 Å². The number of fused-ring (bicyclic) bond motifs is 1. The third kappa shape index (κ3) is 5.49. The van der Waals surface area contributed by atoms with Gasteiger partial charge in [-0.3, -0.25) is 4.90 Å². The number of aromatic nitrogens is 6. The molecule has 9 heteroatoms. The van der Waals surface area contributed by atoms with Crippen LogP contribution in [-0.4, -0.2) is 68.6 Å². The third-order valence-electron chi connectivity index (χ3n) is 6.97. The van der Waals surface area contributed by atoms with Crippen molar-refractivity contribution in [3.63, 3.8) is 0 Å². The van der Waals surface area contributed by atoms with E-state index in [4.69, 9.17) is 9.72 Å². The molecule has 1 aliphatic heterocycles. The van der Waals surface area contributed by atoms with Crippen molar-refractivity contribution < 1.29 is 4.74 Å². The van der Waals surface area contributed by atoms with E-state index < -0.39 is 0 Å². The summed E-state index contributed by atoms with van der Waals surface area (Å²) in [4.78, 5) is 10.1. The Bertz CT molecular complexity index is 1330. The van der Waals surface area contributed by atoms with Crippen molar-refractivity contribution in [3.8, 4) is 22.5 Å². The zero-order valence-electron chi connectivity index (χ0n) is 23.1. The second-order valence-corrected chi connectivity index (χ2v) is 10.8. The summed E-state index contributed by atoms with van der Waals surface area (Å²) in [5, 5.41) is 14.5. The van der Waals surface area contributed by atoms with E-state index in [1.54, 1.807) is 7.11 Å². The maximum atomic E-state index is 5.40. The van der Waals surface area contributed by atoms with E-state index in [9.17, 15) is 0 Å². The van der Waals surface area contributed by atoms with Crippen LogP contribution in [0.2, 0.25) is 0 Å². The summed E-state index contributed by atoms with van der Waals surface area (Å²) in [6, 6.07) is 17.0. The quantitative estimate of drug-likeness (QED) is 0.326. The monoisotopic (exact) mass is 514 g/mol. The number of tetrazole rings is 1. The summed E-state index contributed by atoms with van der Waals surface area (Å²) in [7, 11) is 1.77. The summed E-state index contributed by atoms with van der Waals surface area (Å²) in [5.74, 6) is 3.84. The van der Waals surface area contributed by atoms with Gasteiger partial charge in [0.1, 0.15) is 5.82 Å². The number of nitrogens with one attached hydrogen (secondary N) is 1. The molecule has 1 aliphatic rings. The van der Waals surface area contributed by atoms with E-state index in [2.05, 4.69) is 93.0 Å². The Morgan fingerprint density at radius 1 is 1.00 bits per heavy atom. The molecule has 0 spiro atoms. The molecule has 4 aromatic rings. The summed E-state index contributed by atoms with van der Waals surface area (Å²) in [5.41, 5.74) is 5.75. The fraction of sp³-hybridized carbons (Fsp3) is 0.448. The van der Waals surface area contributed by atoms with Crippen molar-refractivity contribution in [2.24, 2.45) is 5.92 Å². The molecule has 2 aromatic carbocycles. The van der Waals surface area contributed by atoms with Gasteiger partial charge in [0.15, 0.2) is 11.6 Å². The Hall–Kier alpha value is -3.56. The molecule has 1 N–H and O–H groups in total. The molecule has 0 radical (unpaired) electrons. The van der Waals surface area contributed by atoms with Crippen LogP contribution in [0.3, 0.4) is 0 Å². The van der Waals surface area contributed by atoms with Gasteiger partial charge in [-0.15, -0.1) is 5.10 Å². The maximum absolute atomic E-state index is 5.40. The topological polar surface area (TPSA) is 88.0 Å². The smallest absolute Gasteiger partial charge is 0.180 e. The van der Waals surface area contributed by atoms with Gasteiger partial charge in [0.05, 0.1) is 19.0 Å². The Balaban J connectivity index is 1.46. The van der Waals surface area contributed by atoms with Crippen LogP contribution in [0.4, 0.5) is 5.82 Å². The number of rotatable bonds is 10. The van der Waals surface area contributed by atoms with Crippen LogP contribution in [0, 0.1) is 5.92 Å². The maximum Gasteiger partial charge on any atom is 0.180 e. The molecule has 0 aliphatic carbocycles. The van der Waals surface area contributed by atoms with Crippen LogP contribution < -0.4 is 4.90 Å². The van der Waals surface area contributed by atoms with E-state index in [1.165, 1.54) is 11.3 Å². The van der Waals surface area contributed by atoms with Crippen molar-refractivity contribution in [2.45, 2.75) is 46.7 Å². The molecule has 38 heavy (non-hydrogen) atoms. The second-order valence-electron chi connectivity index (χ2n) is 10.8. The molecule has 0 atom stereocenters. The Morgan fingerprint density at radius 2 is 1.76 bits per heavy atom. The van der Waals surface area contributed by atoms with Crippen molar-refractivity contribution in [1.29, 1.82) is 0 Å². The Labute approximate surface area is 224 Å². The highest BCUT2D eigenvalue weighted by atomic mass is 16.5. The number of benzene rings is 2. The van der Waals surface area contributed by atoms with Crippen molar-refractivity contribution >= 4 is 5.82 Å². The predicted octanol–water partition coefficient (Wildman–Crippen LogP) is 4.78. The minimum Gasteiger partial charge on any atom is -0.383 e. The first kappa shape index (κ1) is 26.1. The molecule has 3 heterocycles. The Morgan fingerprint density at radius 3 is 2.42 bits per heavy atom. The lowest BCUT2D eigenvalue weighted by molar-refractivity contribution is 0.138. The van der Waals surface area contributed by atoms with E-state index in [0.717, 1.165) is 67.8 Å². The zero-order valence-corrected chi connectivity index (χ0v) is 23.1. The molecule has 200 valence electrons. The van der Waals surface area contributed by atoms with Gasteiger partial charge in [-0.1, -0.05) is 76.2 Å². The molecular formula is C29H38N8O. The number of nitrogens with zero attached hydrogens (tertiary/aromatic N) is 7. The van der Waals surface area contributed by atoms with Gasteiger partial charge in [0, 0.05) is 44.8 Å². The summed E-state index contributed by atoms with van der Waals surface area (Å²) < 4.78 is 7.84. The van der Waals surface area contributed by atoms with Crippen molar-refractivity contribution in [2.75, 3.05) is 38.4 Å². The zero-order chi connectivity index (χ0) is 26.6. The van der Waals surface area contributed by atoms with Gasteiger partial charge in [0.25, 0.3) is 0 Å². The largest absolute Gasteiger partial charge is 0.383 e. The molecule has 0 saturated carbocycles. The number of hydrogen-bond donors (Lipinski definition) is 1. The molecule has 0 amide bonds. The van der Waals surface area contributed by atoms with Crippen LogP contribution in [0.25, 0.3) is 22.5 Å². The number of ether oxygens (including phenoxy) is 1. The van der Waals surface area contributed by atoms with Gasteiger partial charge < -0.3 is 14.2 Å². The van der Waals surface area contributed by atoms with Crippen molar-refractivity contribution in [1.82, 2.24) is 35.1 Å². The van der Waals surface area contributed by atoms with Gasteiger partial charge in [-0.05, 0) is 33.0 Å². The molecule has 0 fully saturated rings. The fourth-order valence-corrected chi connectivity index (χ4v) is 5.23. The first-order valence-corrected chi connectivity index (χ1v) is 13.4. The molecule has 0 bridgehead atoms. The first-order chi connectivity index (χ1) is 18.4. The van der Waals surface area contributed by atoms with Gasteiger partial charge >= 0.3 is 0 Å². The molecule has 2 aromatic heterocycles. The van der Waals surface area contributed by atoms with E-state index in [-0.39, 0.29) is 0 Å².